The Kier molecular flexibility index (Phi) is 5.13. The van der Waals surface area contributed by atoms with Crippen LogP contribution in [0.5, 0.6) is 0 Å². The fourth-order valence-electron chi connectivity index (χ4n) is 2.73. The van der Waals surface area contributed by atoms with Crippen LogP contribution in [0.15, 0.2) is 24.3 Å². The molecule has 2 amide bonds. The molecule has 0 unspecified atom stereocenters. The second-order valence-corrected chi connectivity index (χ2v) is 7.38. The smallest absolute Gasteiger partial charge is 0.317 e. The number of aryl methyl sites for hydroxylation is 1. The zero-order valence-corrected chi connectivity index (χ0v) is 14.5. The number of halogens is 1. The van der Waals surface area contributed by atoms with Crippen LogP contribution in [0.2, 0.25) is 5.02 Å². The van der Waals surface area contributed by atoms with Gasteiger partial charge in [-0.2, -0.15) is 0 Å². The van der Waals surface area contributed by atoms with Crippen molar-refractivity contribution >= 4 is 29.0 Å². The van der Waals surface area contributed by atoms with Crippen LogP contribution >= 0.6 is 22.9 Å². The average molecular weight is 351 g/mol. The molecule has 7 heteroatoms. The number of rotatable bonds is 3. The molecule has 0 spiro atoms. The van der Waals surface area contributed by atoms with Crippen molar-refractivity contribution in [3.63, 3.8) is 0 Å². The van der Waals surface area contributed by atoms with Crippen molar-refractivity contribution < 1.29 is 4.79 Å². The highest BCUT2D eigenvalue weighted by atomic mass is 35.5. The van der Waals surface area contributed by atoms with E-state index in [0.717, 1.165) is 35.0 Å². The van der Waals surface area contributed by atoms with E-state index in [1.165, 1.54) is 0 Å². The Bertz CT molecular complexity index is 673. The van der Waals surface area contributed by atoms with Crippen LogP contribution in [-0.2, 0) is 6.54 Å². The molecule has 0 aliphatic carbocycles. The third kappa shape index (κ3) is 4.20. The molecule has 2 aromatic rings. The van der Waals surface area contributed by atoms with Crippen molar-refractivity contribution in [1.82, 2.24) is 20.4 Å². The number of nitrogens with zero attached hydrogens (tertiary/aromatic N) is 3. The standard InChI is InChI=1S/C16H19ClN4OS/c1-11-19-20-15(23-11)13-3-2-8-21(10-13)16(22)18-9-12-4-6-14(17)7-5-12/h4-7,13H,2-3,8-10H2,1H3,(H,18,22)/t13-/m0/s1. The highest BCUT2D eigenvalue weighted by molar-refractivity contribution is 7.11. The average Bonchev–Trinajstić information content (AvgIpc) is 3.01. The molecule has 1 aliphatic rings. The lowest BCUT2D eigenvalue weighted by molar-refractivity contribution is 0.179. The first-order valence-electron chi connectivity index (χ1n) is 7.69. The fourth-order valence-corrected chi connectivity index (χ4v) is 3.68. The summed E-state index contributed by atoms with van der Waals surface area (Å²) in [4.78, 5) is 14.3. The van der Waals surface area contributed by atoms with Crippen molar-refractivity contribution in [2.24, 2.45) is 0 Å². The van der Waals surface area contributed by atoms with Crippen LogP contribution in [-0.4, -0.2) is 34.2 Å². The van der Waals surface area contributed by atoms with E-state index in [1.54, 1.807) is 11.3 Å². The normalized spacial score (nSPS) is 18.0. The molecule has 23 heavy (non-hydrogen) atoms. The number of amides is 2. The Balaban J connectivity index is 1.55. The molecule has 1 N–H and O–H groups in total. The first-order valence-corrected chi connectivity index (χ1v) is 8.88. The van der Waals surface area contributed by atoms with Crippen LogP contribution in [0, 0.1) is 6.92 Å². The highest BCUT2D eigenvalue weighted by Gasteiger charge is 2.26. The van der Waals surface area contributed by atoms with Crippen LogP contribution in [0.25, 0.3) is 0 Å². The summed E-state index contributed by atoms with van der Waals surface area (Å²) in [7, 11) is 0. The summed E-state index contributed by atoms with van der Waals surface area (Å²) in [6, 6.07) is 7.48. The Hall–Kier alpha value is -1.66. The number of urea groups is 1. The van der Waals surface area contributed by atoms with E-state index < -0.39 is 0 Å². The van der Waals surface area contributed by atoms with Gasteiger partial charge in [-0.25, -0.2) is 4.79 Å². The minimum atomic E-state index is -0.0223. The Labute approximate surface area is 144 Å². The number of piperidine rings is 1. The SMILES string of the molecule is Cc1nnc([C@H]2CCCN(C(=O)NCc3ccc(Cl)cc3)C2)s1. The lowest BCUT2D eigenvalue weighted by Crippen LogP contribution is -2.44. The van der Waals surface area contributed by atoms with Crippen molar-refractivity contribution in [3.8, 4) is 0 Å². The number of hydrogen-bond acceptors (Lipinski definition) is 4. The number of hydrogen-bond donors (Lipinski definition) is 1. The van der Waals surface area contributed by atoms with Gasteiger partial charge in [0.1, 0.15) is 10.0 Å². The van der Waals surface area contributed by atoms with Crippen molar-refractivity contribution in [3.05, 3.63) is 44.9 Å². The second-order valence-electron chi connectivity index (χ2n) is 5.73. The van der Waals surface area contributed by atoms with Gasteiger partial charge in [-0.3, -0.25) is 0 Å². The van der Waals surface area contributed by atoms with Gasteiger partial charge in [0.05, 0.1) is 0 Å². The highest BCUT2D eigenvalue weighted by Crippen LogP contribution is 2.28. The Morgan fingerprint density at radius 2 is 2.17 bits per heavy atom. The number of nitrogens with one attached hydrogen (secondary N) is 1. The molecule has 5 nitrogen and oxygen atoms in total. The van der Waals surface area contributed by atoms with Crippen LogP contribution in [0.4, 0.5) is 4.79 Å². The molecule has 0 bridgehead atoms. The summed E-state index contributed by atoms with van der Waals surface area (Å²) < 4.78 is 0. The quantitative estimate of drug-likeness (QED) is 0.920. The molecule has 0 saturated carbocycles. The minimum Gasteiger partial charge on any atom is -0.334 e. The molecule has 1 aromatic heterocycles. The van der Waals surface area contributed by atoms with Gasteiger partial charge in [-0.15, -0.1) is 21.5 Å². The zero-order valence-electron chi connectivity index (χ0n) is 13.0. The molecule has 1 atom stereocenters. The molecular weight excluding hydrogens is 332 g/mol. The topological polar surface area (TPSA) is 58.1 Å². The van der Waals surface area contributed by atoms with Crippen molar-refractivity contribution in [2.45, 2.75) is 32.2 Å². The van der Waals surface area contributed by atoms with Gasteiger partial charge >= 0.3 is 6.03 Å². The Morgan fingerprint density at radius 3 is 2.87 bits per heavy atom. The third-order valence-electron chi connectivity index (χ3n) is 3.96. The molecule has 0 radical (unpaired) electrons. The van der Waals surface area contributed by atoms with Crippen LogP contribution in [0.1, 0.15) is 34.3 Å². The first kappa shape index (κ1) is 16.2. The number of carbonyl (C=O) groups is 1. The molecule has 122 valence electrons. The zero-order chi connectivity index (χ0) is 16.2. The summed E-state index contributed by atoms with van der Waals surface area (Å²) in [5, 5.41) is 14.0. The molecule has 2 heterocycles. The van der Waals surface area contributed by atoms with Gasteiger partial charge in [-0.05, 0) is 37.5 Å². The predicted molar refractivity (Wildman–Crippen MR) is 91.9 cm³/mol. The summed E-state index contributed by atoms with van der Waals surface area (Å²) in [6.07, 6.45) is 2.06. The molecule has 3 rings (SSSR count). The molecule has 1 aromatic carbocycles. The lowest BCUT2D eigenvalue weighted by atomic mass is 9.99. The summed E-state index contributed by atoms with van der Waals surface area (Å²) in [6.45, 7) is 3.97. The second kappa shape index (κ2) is 7.27. The third-order valence-corrected chi connectivity index (χ3v) is 5.21. The maximum atomic E-state index is 12.4. The lowest BCUT2D eigenvalue weighted by Gasteiger charge is -2.31. The summed E-state index contributed by atoms with van der Waals surface area (Å²) >= 11 is 7.49. The van der Waals surface area contributed by atoms with Crippen LogP contribution < -0.4 is 5.32 Å². The van der Waals surface area contributed by atoms with Gasteiger partial charge in [-0.1, -0.05) is 23.7 Å². The van der Waals surface area contributed by atoms with Crippen molar-refractivity contribution in [2.75, 3.05) is 13.1 Å². The molecule has 1 saturated heterocycles. The van der Waals surface area contributed by atoms with E-state index in [2.05, 4.69) is 15.5 Å². The number of likely N-dealkylation sites (tertiary alicyclic amines) is 1. The predicted octanol–water partition coefficient (Wildman–Crippen LogP) is 3.59. The number of benzene rings is 1. The van der Waals surface area contributed by atoms with Gasteiger partial charge < -0.3 is 10.2 Å². The first-order chi connectivity index (χ1) is 11.1. The van der Waals surface area contributed by atoms with Gasteiger partial charge in [0.25, 0.3) is 0 Å². The summed E-state index contributed by atoms with van der Waals surface area (Å²) in [5.74, 6) is 0.302. The fraction of sp³-hybridized carbons (Fsp3) is 0.438. The largest absolute Gasteiger partial charge is 0.334 e. The van der Waals surface area contributed by atoms with E-state index in [-0.39, 0.29) is 6.03 Å². The monoisotopic (exact) mass is 350 g/mol. The number of carbonyl (C=O) groups excluding carboxylic acids is 1. The van der Waals surface area contributed by atoms with E-state index in [1.807, 2.05) is 36.1 Å². The molecular formula is C16H19ClN4OS. The maximum absolute atomic E-state index is 12.4. The number of aromatic nitrogens is 2. The Morgan fingerprint density at radius 1 is 1.39 bits per heavy atom. The maximum Gasteiger partial charge on any atom is 0.317 e. The molecule has 1 fully saturated rings. The van der Waals surface area contributed by atoms with Gasteiger partial charge in [0.15, 0.2) is 0 Å². The minimum absolute atomic E-state index is 0.0223. The van der Waals surface area contributed by atoms with Gasteiger partial charge in [0, 0.05) is 30.6 Å². The molecule has 1 aliphatic heterocycles. The van der Waals surface area contributed by atoms with E-state index >= 15 is 0 Å². The van der Waals surface area contributed by atoms with E-state index in [9.17, 15) is 4.79 Å². The van der Waals surface area contributed by atoms with E-state index in [4.69, 9.17) is 11.6 Å². The van der Waals surface area contributed by atoms with Crippen molar-refractivity contribution in [1.29, 1.82) is 0 Å². The summed E-state index contributed by atoms with van der Waals surface area (Å²) in [5.41, 5.74) is 1.04. The van der Waals surface area contributed by atoms with Crippen LogP contribution in [0.3, 0.4) is 0 Å². The van der Waals surface area contributed by atoms with Gasteiger partial charge in [0.2, 0.25) is 0 Å². The van der Waals surface area contributed by atoms with E-state index in [0.29, 0.717) is 24.0 Å².